The van der Waals surface area contributed by atoms with Crippen molar-refractivity contribution in [2.45, 2.75) is 77.8 Å². The van der Waals surface area contributed by atoms with Gasteiger partial charge in [0.2, 0.25) is 0 Å². The normalized spacial score (nSPS) is 29.3. The Labute approximate surface area is 145 Å². The quantitative estimate of drug-likeness (QED) is 0.549. The van der Waals surface area contributed by atoms with E-state index in [1.54, 1.807) is 27.7 Å². The topological polar surface area (TPSA) is 80.9 Å². The second kappa shape index (κ2) is 9.94. The highest BCUT2D eigenvalue weighted by atomic mass is 16.3. The van der Waals surface area contributed by atoms with E-state index in [2.05, 4.69) is 0 Å². The minimum Gasteiger partial charge on any atom is -0.393 e. The lowest BCUT2D eigenvalue weighted by Crippen LogP contribution is -2.09. The van der Waals surface area contributed by atoms with Gasteiger partial charge in [0, 0.05) is 0 Å². The van der Waals surface area contributed by atoms with Crippen LogP contribution in [0.15, 0.2) is 46.6 Å². The van der Waals surface area contributed by atoms with E-state index >= 15 is 0 Å². The molecule has 0 saturated heterocycles. The Morgan fingerprint density at radius 3 is 1.54 bits per heavy atom. The van der Waals surface area contributed by atoms with Gasteiger partial charge in [-0.1, -0.05) is 24.3 Å². The van der Waals surface area contributed by atoms with E-state index in [-0.39, 0.29) is 0 Å². The van der Waals surface area contributed by atoms with Gasteiger partial charge >= 0.3 is 0 Å². The molecule has 4 atom stereocenters. The lowest BCUT2D eigenvalue weighted by atomic mass is 9.90. The minimum atomic E-state index is -0.484. The molecule has 0 amide bonds. The van der Waals surface area contributed by atoms with Gasteiger partial charge in [-0.25, -0.2) is 0 Å². The fourth-order valence-electron chi connectivity index (χ4n) is 2.91. The van der Waals surface area contributed by atoms with E-state index in [4.69, 9.17) is 0 Å². The van der Waals surface area contributed by atoms with Crippen molar-refractivity contribution in [2.24, 2.45) is 0 Å². The van der Waals surface area contributed by atoms with E-state index in [1.165, 1.54) is 0 Å². The van der Waals surface area contributed by atoms with Crippen molar-refractivity contribution < 1.29 is 20.4 Å². The fraction of sp³-hybridized carbons (Fsp3) is 0.600. The maximum atomic E-state index is 9.81. The minimum absolute atomic E-state index is 0.450. The van der Waals surface area contributed by atoms with Crippen molar-refractivity contribution in [2.75, 3.05) is 0 Å². The Bertz CT molecular complexity index is 520. The molecule has 4 unspecified atom stereocenters. The number of hydrogen-bond acceptors (Lipinski definition) is 4. The maximum absolute atomic E-state index is 9.81. The summed E-state index contributed by atoms with van der Waals surface area (Å²) in [5, 5.41) is 39.1. The van der Waals surface area contributed by atoms with Crippen LogP contribution in [0, 0.1) is 0 Å². The summed E-state index contributed by atoms with van der Waals surface area (Å²) in [6, 6.07) is 0. The van der Waals surface area contributed by atoms with Crippen molar-refractivity contribution in [3.8, 4) is 0 Å². The molecule has 0 radical (unpaired) electrons. The lowest BCUT2D eigenvalue weighted by Gasteiger charge is -2.18. The lowest BCUT2D eigenvalue weighted by molar-refractivity contribution is 0.189. The molecule has 0 saturated carbocycles. The van der Waals surface area contributed by atoms with E-state index in [0.717, 1.165) is 22.3 Å². The molecule has 0 fully saturated rings. The monoisotopic (exact) mass is 336 g/mol. The molecule has 0 aliphatic heterocycles. The molecule has 1 aliphatic carbocycles. The second-order valence-electron chi connectivity index (χ2n) is 7.03. The molecule has 136 valence electrons. The summed E-state index contributed by atoms with van der Waals surface area (Å²) in [7, 11) is 0. The largest absolute Gasteiger partial charge is 0.393 e. The first kappa shape index (κ1) is 20.8. The van der Waals surface area contributed by atoms with Crippen LogP contribution in [0.3, 0.4) is 0 Å². The highest BCUT2D eigenvalue weighted by Crippen LogP contribution is 2.27. The molecular formula is C20H32O4. The zero-order valence-electron chi connectivity index (χ0n) is 15.2. The van der Waals surface area contributed by atoms with Gasteiger partial charge in [0.05, 0.1) is 24.4 Å². The Balaban J connectivity index is 3.30. The summed E-state index contributed by atoms with van der Waals surface area (Å²) in [6.07, 6.45) is 8.06. The van der Waals surface area contributed by atoms with Gasteiger partial charge in [-0.15, -0.1) is 0 Å². The zero-order chi connectivity index (χ0) is 18.3. The van der Waals surface area contributed by atoms with Crippen molar-refractivity contribution >= 4 is 0 Å². The molecule has 4 N–H and O–H groups in total. The third-order valence-corrected chi connectivity index (χ3v) is 3.73. The number of aliphatic hydroxyl groups excluding tert-OH is 4. The molecule has 1 rings (SSSR count). The standard InChI is InChI=1S/C20H32O4/c1-13(21)7-17-5-6-19(9-15(3)23)20(10-16(4)24)12-18(11-17)8-14(2)22/h5-6,11-16,21-24H,7-10H2,1-4H3/b6-5-,17-5?,17-11+,18-11?,18-12-,19-6?,20-12?,20-19+. The average Bonchev–Trinajstić information content (AvgIpc) is 2.38. The van der Waals surface area contributed by atoms with Crippen LogP contribution in [-0.2, 0) is 0 Å². The smallest absolute Gasteiger partial charge is 0.0552 e. The molecule has 0 aromatic rings. The highest BCUT2D eigenvalue weighted by Gasteiger charge is 2.13. The summed E-state index contributed by atoms with van der Waals surface area (Å²) in [5.41, 5.74) is 3.90. The van der Waals surface area contributed by atoms with E-state index in [9.17, 15) is 20.4 Å². The summed E-state index contributed by atoms with van der Waals surface area (Å²) in [5.74, 6) is 0. The number of hydrogen-bond donors (Lipinski definition) is 4. The van der Waals surface area contributed by atoms with Gasteiger partial charge < -0.3 is 20.4 Å². The number of allylic oxidation sites excluding steroid dienone is 4. The summed E-state index contributed by atoms with van der Waals surface area (Å²) in [4.78, 5) is 0. The van der Waals surface area contributed by atoms with Crippen LogP contribution >= 0.6 is 0 Å². The molecule has 0 aromatic heterocycles. The van der Waals surface area contributed by atoms with Crippen molar-refractivity contribution in [1.82, 2.24) is 0 Å². The van der Waals surface area contributed by atoms with Crippen LogP contribution < -0.4 is 0 Å². The van der Waals surface area contributed by atoms with Gasteiger partial charge in [0.15, 0.2) is 0 Å². The number of aliphatic hydroxyl groups is 4. The third-order valence-electron chi connectivity index (χ3n) is 3.73. The zero-order valence-corrected chi connectivity index (χ0v) is 15.2. The summed E-state index contributed by atoms with van der Waals surface area (Å²) >= 11 is 0. The molecule has 0 aromatic carbocycles. The first-order chi connectivity index (χ1) is 11.2. The molecular weight excluding hydrogens is 304 g/mol. The average molecular weight is 336 g/mol. The molecule has 0 heterocycles. The first-order valence-electron chi connectivity index (χ1n) is 8.70. The molecule has 24 heavy (non-hydrogen) atoms. The molecule has 1 aliphatic rings. The number of rotatable bonds is 8. The Morgan fingerprint density at radius 1 is 0.583 bits per heavy atom. The van der Waals surface area contributed by atoms with Gasteiger partial charge in [0.25, 0.3) is 0 Å². The van der Waals surface area contributed by atoms with Gasteiger partial charge in [-0.3, -0.25) is 0 Å². The van der Waals surface area contributed by atoms with E-state index < -0.39 is 24.4 Å². The predicted octanol–water partition coefficient (Wildman–Crippen LogP) is 2.79. The third kappa shape index (κ3) is 8.06. The summed E-state index contributed by atoms with van der Waals surface area (Å²) in [6.45, 7) is 6.97. The summed E-state index contributed by atoms with van der Waals surface area (Å²) < 4.78 is 0. The van der Waals surface area contributed by atoms with Crippen LogP contribution in [-0.4, -0.2) is 44.8 Å². The fourth-order valence-corrected chi connectivity index (χ4v) is 2.91. The van der Waals surface area contributed by atoms with Gasteiger partial charge in [-0.05, 0) is 75.7 Å². The Morgan fingerprint density at radius 2 is 1.04 bits per heavy atom. The van der Waals surface area contributed by atoms with Gasteiger partial charge in [0.1, 0.15) is 0 Å². The molecule has 4 heteroatoms. The predicted molar refractivity (Wildman–Crippen MR) is 97.5 cm³/mol. The van der Waals surface area contributed by atoms with Crippen molar-refractivity contribution in [3.05, 3.63) is 46.6 Å². The maximum Gasteiger partial charge on any atom is 0.0552 e. The van der Waals surface area contributed by atoms with Crippen molar-refractivity contribution in [3.63, 3.8) is 0 Å². The Kier molecular flexibility index (Phi) is 8.63. The van der Waals surface area contributed by atoms with Crippen LogP contribution in [0.1, 0.15) is 53.4 Å². The van der Waals surface area contributed by atoms with E-state index in [1.807, 2.05) is 24.3 Å². The SMILES string of the molecule is CC(O)CC1=C/C(CC(C)O)=C\C(CC(C)O)=C(CC(C)O)/C=C\1. The van der Waals surface area contributed by atoms with Crippen LogP contribution in [0.25, 0.3) is 0 Å². The highest BCUT2D eigenvalue weighted by molar-refractivity contribution is 5.45. The first-order valence-corrected chi connectivity index (χ1v) is 8.70. The van der Waals surface area contributed by atoms with E-state index in [0.29, 0.717) is 25.7 Å². The van der Waals surface area contributed by atoms with Crippen LogP contribution in [0.2, 0.25) is 0 Å². The molecule has 0 spiro atoms. The second-order valence-corrected chi connectivity index (χ2v) is 7.03. The van der Waals surface area contributed by atoms with Crippen LogP contribution in [0.4, 0.5) is 0 Å². The van der Waals surface area contributed by atoms with Crippen molar-refractivity contribution in [1.29, 1.82) is 0 Å². The molecule has 4 nitrogen and oxygen atoms in total. The van der Waals surface area contributed by atoms with Crippen LogP contribution in [0.5, 0.6) is 0 Å². The Hall–Kier alpha value is -1.20. The van der Waals surface area contributed by atoms with Gasteiger partial charge in [-0.2, -0.15) is 0 Å². The molecule has 0 bridgehead atoms.